The van der Waals surface area contributed by atoms with Crippen LogP contribution in [0.1, 0.15) is 58.9 Å². The normalized spacial score (nSPS) is 24.3. The van der Waals surface area contributed by atoms with E-state index in [9.17, 15) is 0 Å². The van der Waals surface area contributed by atoms with Crippen molar-refractivity contribution in [3.05, 3.63) is 18.0 Å². The minimum Gasteiger partial charge on any atom is -0.483 e. The maximum absolute atomic E-state index is 6.35. The molecule has 5 heteroatoms. The van der Waals surface area contributed by atoms with Gasteiger partial charge in [0.15, 0.2) is 17.2 Å². The van der Waals surface area contributed by atoms with Gasteiger partial charge >= 0.3 is 0 Å². The average molecular weight is 314 g/mol. The molecule has 0 saturated heterocycles. The molecule has 2 atom stereocenters. The van der Waals surface area contributed by atoms with Crippen LogP contribution in [-0.2, 0) is 6.42 Å². The lowest BCUT2D eigenvalue weighted by Crippen LogP contribution is -2.58. The predicted octanol–water partition coefficient (Wildman–Crippen LogP) is 3.60. The van der Waals surface area contributed by atoms with Crippen molar-refractivity contribution in [1.82, 2.24) is 14.6 Å². The van der Waals surface area contributed by atoms with E-state index in [-0.39, 0.29) is 11.6 Å². The summed E-state index contributed by atoms with van der Waals surface area (Å²) < 4.78 is 8.21. The highest BCUT2D eigenvalue weighted by Gasteiger charge is 2.43. The lowest BCUT2D eigenvalue weighted by atomic mass is 9.87. The van der Waals surface area contributed by atoms with Gasteiger partial charge in [0, 0.05) is 11.1 Å². The van der Waals surface area contributed by atoms with Gasteiger partial charge in [0.2, 0.25) is 0 Å². The molecule has 2 aromatic rings. The Bertz CT molecular complexity index is 730. The zero-order valence-electron chi connectivity index (χ0n) is 14.5. The van der Waals surface area contributed by atoms with Gasteiger partial charge < -0.3 is 9.64 Å². The first-order valence-electron chi connectivity index (χ1n) is 8.82. The highest BCUT2D eigenvalue weighted by molar-refractivity contribution is 5.62. The van der Waals surface area contributed by atoms with E-state index < -0.39 is 0 Å². The second kappa shape index (κ2) is 5.11. The monoisotopic (exact) mass is 314 g/mol. The lowest BCUT2D eigenvalue weighted by molar-refractivity contribution is 0.100. The van der Waals surface area contributed by atoms with Crippen LogP contribution in [0.2, 0.25) is 0 Å². The third-order valence-electron chi connectivity index (χ3n) is 5.12. The van der Waals surface area contributed by atoms with Crippen LogP contribution in [0.5, 0.6) is 5.75 Å². The highest BCUT2D eigenvalue weighted by atomic mass is 16.5. The quantitative estimate of drug-likeness (QED) is 0.806. The predicted molar refractivity (Wildman–Crippen MR) is 91.3 cm³/mol. The van der Waals surface area contributed by atoms with Gasteiger partial charge in [-0.25, -0.2) is 9.50 Å². The Kier molecular flexibility index (Phi) is 3.29. The summed E-state index contributed by atoms with van der Waals surface area (Å²) in [6.45, 7) is 8.97. The van der Waals surface area contributed by atoms with E-state index in [1.54, 1.807) is 0 Å². The molecule has 1 aliphatic heterocycles. The molecular weight excluding hydrogens is 288 g/mol. The molecule has 0 N–H and O–H groups in total. The van der Waals surface area contributed by atoms with E-state index in [1.165, 1.54) is 24.8 Å². The van der Waals surface area contributed by atoms with Gasteiger partial charge in [0.1, 0.15) is 6.10 Å². The molecule has 1 aliphatic carbocycles. The molecule has 2 aromatic heterocycles. The van der Waals surface area contributed by atoms with Crippen LogP contribution < -0.4 is 9.64 Å². The number of aryl methyl sites for hydroxylation is 1. The van der Waals surface area contributed by atoms with Crippen LogP contribution in [0.3, 0.4) is 0 Å². The summed E-state index contributed by atoms with van der Waals surface area (Å²) in [5.41, 5.74) is 2.17. The number of ether oxygens (including phenoxy) is 1. The fourth-order valence-electron chi connectivity index (χ4n) is 4.08. The van der Waals surface area contributed by atoms with E-state index in [2.05, 4.69) is 37.7 Å². The van der Waals surface area contributed by atoms with E-state index >= 15 is 0 Å². The lowest BCUT2D eigenvalue weighted by Gasteiger charge is -2.50. The Hall–Kier alpha value is -1.78. The molecule has 1 fully saturated rings. The maximum Gasteiger partial charge on any atom is 0.180 e. The number of hydrogen-bond acceptors (Lipinski definition) is 4. The van der Waals surface area contributed by atoms with E-state index in [0.29, 0.717) is 6.04 Å². The molecule has 0 radical (unpaired) electrons. The third-order valence-corrected chi connectivity index (χ3v) is 5.12. The molecule has 4 rings (SSSR count). The van der Waals surface area contributed by atoms with Gasteiger partial charge in [0.25, 0.3) is 0 Å². The minimum atomic E-state index is 0.0243. The Morgan fingerprint density at radius 2 is 2.04 bits per heavy atom. The largest absolute Gasteiger partial charge is 0.483 e. The van der Waals surface area contributed by atoms with Gasteiger partial charge in [-0.3, -0.25) is 0 Å². The Labute approximate surface area is 137 Å². The minimum absolute atomic E-state index is 0.0243. The molecular formula is C18H26N4O. The summed E-state index contributed by atoms with van der Waals surface area (Å²) in [5, 5.41) is 4.44. The summed E-state index contributed by atoms with van der Waals surface area (Å²) in [4.78, 5) is 7.49. The Balaban J connectivity index is 1.90. The topological polar surface area (TPSA) is 42.7 Å². The summed E-state index contributed by atoms with van der Waals surface area (Å²) in [7, 11) is 0. The highest BCUT2D eigenvalue weighted by Crippen LogP contribution is 2.43. The molecule has 2 unspecified atom stereocenters. The van der Waals surface area contributed by atoms with Crippen molar-refractivity contribution in [3.8, 4) is 5.75 Å². The maximum atomic E-state index is 6.35. The second-order valence-corrected chi connectivity index (χ2v) is 7.77. The molecule has 0 spiro atoms. The van der Waals surface area contributed by atoms with Crippen LogP contribution in [0.15, 0.2) is 12.4 Å². The fraction of sp³-hybridized carbons (Fsp3) is 0.667. The second-order valence-electron chi connectivity index (χ2n) is 7.77. The first-order valence-corrected chi connectivity index (χ1v) is 8.82. The SMILES string of the molecule is CCc1cnn2cc3c(nc12)N(C(C)(C)C)C1CCCCC1O3. The van der Waals surface area contributed by atoms with Crippen molar-refractivity contribution in [1.29, 1.82) is 0 Å². The van der Waals surface area contributed by atoms with Gasteiger partial charge in [-0.05, 0) is 46.5 Å². The molecule has 0 bridgehead atoms. The van der Waals surface area contributed by atoms with Gasteiger partial charge in [-0.2, -0.15) is 5.10 Å². The van der Waals surface area contributed by atoms with E-state index in [1.807, 2.05) is 16.9 Å². The summed E-state index contributed by atoms with van der Waals surface area (Å²) >= 11 is 0. The van der Waals surface area contributed by atoms with E-state index in [0.717, 1.165) is 30.1 Å². The molecule has 23 heavy (non-hydrogen) atoms. The number of rotatable bonds is 1. The average Bonchev–Trinajstić information content (AvgIpc) is 2.91. The standard InChI is InChI=1S/C18H26N4O/c1-5-12-10-19-21-11-15-17(20-16(12)21)22(18(2,3)4)13-8-6-7-9-14(13)23-15/h10-11,13-14H,5-9H2,1-4H3. The Morgan fingerprint density at radius 1 is 1.26 bits per heavy atom. The van der Waals surface area contributed by atoms with E-state index in [4.69, 9.17) is 9.72 Å². The summed E-state index contributed by atoms with van der Waals surface area (Å²) in [6.07, 6.45) is 10.0. The first kappa shape index (κ1) is 14.8. The zero-order chi connectivity index (χ0) is 16.2. The van der Waals surface area contributed by atoms with Crippen molar-refractivity contribution in [2.45, 2.75) is 77.5 Å². The van der Waals surface area contributed by atoms with Crippen LogP contribution in [0, 0.1) is 0 Å². The number of hydrogen-bond donors (Lipinski definition) is 0. The van der Waals surface area contributed by atoms with Crippen LogP contribution in [0.4, 0.5) is 5.82 Å². The Morgan fingerprint density at radius 3 is 2.78 bits per heavy atom. The molecule has 0 amide bonds. The molecule has 2 aliphatic rings. The van der Waals surface area contributed by atoms with Crippen molar-refractivity contribution >= 4 is 11.5 Å². The van der Waals surface area contributed by atoms with Crippen molar-refractivity contribution in [2.75, 3.05) is 4.90 Å². The van der Waals surface area contributed by atoms with Crippen molar-refractivity contribution in [3.63, 3.8) is 0 Å². The third kappa shape index (κ3) is 2.28. The molecule has 1 saturated carbocycles. The number of fused-ring (bicyclic) bond motifs is 3. The van der Waals surface area contributed by atoms with Gasteiger partial charge in [0.05, 0.1) is 18.4 Å². The van der Waals surface area contributed by atoms with Crippen LogP contribution >= 0.6 is 0 Å². The zero-order valence-corrected chi connectivity index (χ0v) is 14.5. The van der Waals surface area contributed by atoms with Crippen molar-refractivity contribution in [2.24, 2.45) is 0 Å². The molecule has 3 heterocycles. The molecule has 5 nitrogen and oxygen atoms in total. The number of anilines is 1. The summed E-state index contributed by atoms with van der Waals surface area (Å²) in [5.74, 6) is 1.87. The fourth-order valence-corrected chi connectivity index (χ4v) is 4.08. The first-order chi connectivity index (χ1) is 11.0. The smallest absolute Gasteiger partial charge is 0.180 e. The van der Waals surface area contributed by atoms with Gasteiger partial charge in [-0.1, -0.05) is 13.3 Å². The van der Waals surface area contributed by atoms with Crippen LogP contribution in [-0.4, -0.2) is 32.3 Å². The molecule has 124 valence electrons. The van der Waals surface area contributed by atoms with Crippen LogP contribution in [0.25, 0.3) is 5.65 Å². The number of nitrogens with zero attached hydrogens (tertiary/aromatic N) is 4. The van der Waals surface area contributed by atoms with Gasteiger partial charge in [-0.15, -0.1) is 0 Å². The summed E-state index contributed by atoms with van der Waals surface area (Å²) in [6, 6.07) is 0.430. The van der Waals surface area contributed by atoms with Crippen molar-refractivity contribution < 1.29 is 4.74 Å². The molecule has 0 aromatic carbocycles. The number of aromatic nitrogens is 3.